The average Bonchev–Trinajstić information content (AvgIpc) is 2.17. The Kier molecular flexibility index (Phi) is 15.9. The second-order valence-corrected chi connectivity index (χ2v) is 3.90. The van der Waals surface area contributed by atoms with Crippen molar-refractivity contribution >= 4 is 13.5 Å². The van der Waals surface area contributed by atoms with Crippen LogP contribution in [0.1, 0.15) is 59.3 Å². The smallest absolute Gasteiger partial charge is 0.00188 e. The van der Waals surface area contributed by atoms with Gasteiger partial charge in [0.1, 0.15) is 0 Å². The first-order chi connectivity index (χ1) is 6.35. The van der Waals surface area contributed by atoms with E-state index in [1.54, 1.807) is 0 Å². The molecule has 14 heavy (non-hydrogen) atoms. The molecule has 0 aromatic heterocycles. The van der Waals surface area contributed by atoms with Crippen molar-refractivity contribution in [2.75, 3.05) is 19.6 Å². The Morgan fingerprint density at radius 2 is 0.929 bits per heavy atom. The van der Waals surface area contributed by atoms with Crippen molar-refractivity contribution in [2.24, 2.45) is 0 Å². The molecule has 0 atom stereocenters. The van der Waals surface area contributed by atoms with Crippen LogP contribution in [0.25, 0.3) is 0 Å². The second kappa shape index (κ2) is 13.3. The summed E-state index contributed by atoms with van der Waals surface area (Å²) in [4.78, 5) is 2.64. The number of hydrogen-bond donors (Lipinski definition) is 0. The Bertz CT molecular complexity index is 77.3. The molecule has 88 valence electrons. The van der Waals surface area contributed by atoms with Crippen LogP contribution in [0.2, 0.25) is 0 Å². The molecule has 1 nitrogen and oxygen atoms in total. The lowest BCUT2D eigenvalue weighted by Crippen LogP contribution is -2.27. The minimum atomic E-state index is 0. The van der Waals surface area contributed by atoms with E-state index in [4.69, 9.17) is 0 Å². The van der Waals surface area contributed by atoms with E-state index in [-0.39, 0.29) is 13.5 Å². The van der Waals surface area contributed by atoms with Gasteiger partial charge >= 0.3 is 0 Å². The Labute approximate surface area is 97.7 Å². The molecule has 0 saturated carbocycles. The van der Waals surface area contributed by atoms with Crippen LogP contribution in [0, 0.1) is 0 Å². The largest absolute Gasteiger partial charge is 0.303 e. The highest BCUT2D eigenvalue weighted by Gasteiger charge is 2.01. The molecule has 0 aromatic rings. The fraction of sp³-hybridized carbons (Fsp3) is 1.00. The fourth-order valence-electron chi connectivity index (χ4n) is 1.48. The van der Waals surface area contributed by atoms with Crippen LogP contribution in [-0.4, -0.2) is 24.5 Å². The Hall–Kier alpha value is 0.310. The predicted octanol–water partition coefficient (Wildman–Crippen LogP) is 3.80. The lowest BCUT2D eigenvalue weighted by molar-refractivity contribution is 0.261. The Morgan fingerprint density at radius 1 is 0.643 bits per heavy atom. The maximum Gasteiger partial charge on any atom is -0.00188 e. The number of unbranched alkanes of at least 4 members (excludes halogenated alkanes) is 3. The van der Waals surface area contributed by atoms with E-state index in [0.717, 1.165) is 0 Å². The van der Waals surface area contributed by atoms with Gasteiger partial charge in [-0.05, 0) is 38.9 Å². The summed E-state index contributed by atoms with van der Waals surface area (Å²) in [7, 11) is 0. The molecular weight excluding hydrogens is 190 g/mol. The van der Waals surface area contributed by atoms with Crippen LogP contribution >= 0.6 is 13.5 Å². The van der Waals surface area contributed by atoms with E-state index in [2.05, 4.69) is 25.7 Å². The van der Waals surface area contributed by atoms with Gasteiger partial charge in [0.15, 0.2) is 0 Å². The summed E-state index contributed by atoms with van der Waals surface area (Å²) in [5.74, 6) is 0. The zero-order chi connectivity index (χ0) is 9.94. The van der Waals surface area contributed by atoms with Crippen molar-refractivity contribution in [3.63, 3.8) is 0 Å². The minimum Gasteiger partial charge on any atom is -0.303 e. The molecular formula is C12H29NS. The molecule has 0 amide bonds. The molecule has 0 unspecified atom stereocenters. The van der Waals surface area contributed by atoms with Gasteiger partial charge in [-0.3, -0.25) is 0 Å². The van der Waals surface area contributed by atoms with E-state index in [1.807, 2.05) is 0 Å². The SMILES string of the molecule is CCCCN(CCCC)CCCC.S. The molecule has 0 aliphatic rings. The quantitative estimate of drug-likeness (QED) is 0.570. The van der Waals surface area contributed by atoms with Crippen LogP contribution < -0.4 is 0 Å². The van der Waals surface area contributed by atoms with Gasteiger partial charge in [0.2, 0.25) is 0 Å². The van der Waals surface area contributed by atoms with Crippen molar-refractivity contribution in [3.05, 3.63) is 0 Å². The molecule has 0 aromatic carbocycles. The molecule has 0 rings (SSSR count). The summed E-state index contributed by atoms with van der Waals surface area (Å²) in [6.07, 6.45) is 8.09. The first-order valence-electron chi connectivity index (χ1n) is 6.07. The highest BCUT2D eigenvalue weighted by atomic mass is 32.1. The highest BCUT2D eigenvalue weighted by molar-refractivity contribution is 7.59. The van der Waals surface area contributed by atoms with Crippen molar-refractivity contribution in [1.82, 2.24) is 4.90 Å². The number of nitrogens with zero attached hydrogens (tertiary/aromatic N) is 1. The molecule has 0 aliphatic carbocycles. The van der Waals surface area contributed by atoms with Crippen molar-refractivity contribution in [3.8, 4) is 0 Å². The van der Waals surface area contributed by atoms with Crippen LogP contribution in [-0.2, 0) is 0 Å². The molecule has 0 radical (unpaired) electrons. The van der Waals surface area contributed by atoms with Crippen LogP contribution in [0.15, 0.2) is 0 Å². The Morgan fingerprint density at radius 3 is 1.14 bits per heavy atom. The van der Waals surface area contributed by atoms with Gasteiger partial charge < -0.3 is 4.90 Å². The van der Waals surface area contributed by atoms with Crippen LogP contribution in [0.4, 0.5) is 0 Å². The summed E-state index contributed by atoms with van der Waals surface area (Å²) in [6, 6.07) is 0. The molecule has 0 fully saturated rings. The van der Waals surface area contributed by atoms with Gasteiger partial charge in [-0.2, -0.15) is 13.5 Å². The van der Waals surface area contributed by atoms with Gasteiger partial charge in [-0.25, -0.2) is 0 Å². The van der Waals surface area contributed by atoms with E-state index < -0.39 is 0 Å². The van der Waals surface area contributed by atoms with E-state index in [0.29, 0.717) is 0 Å². The second-order valence-electron chi connectivity index (χ2n) is 3.90. The summed E-state index contributed by atoms with van der Waals surface area (Å²) in [5, 5.41) is 0. The molecule has 0 aliphatic heterocycles. The standard InChI is InChI=1S/C12H27N.H2S/c1-4-7-10-13(11-8-5-2)12-9-6-3;/h4-12H2,1-3H3;1H2. The van der Waals surface area contributed by atoms with Crippen molar-refractivity contribution < 1.29 is 0 Å². The van der Waals surface area contributed by atoms with Gasteiger partial charge in [0, 0.05) is 0 Å². The van der Waals surface area contributed by atoms with Crippen LogP contribution in [0.5, 0.6) is 0 Å². The zero-order valence-electron chi connectivity index (χ0n) is 10.3. The molecule has 0 bridgehead atoms. The maximum absolute atomic E-state index is 2.64. The van der Waals surface area contributed by atoms with Gasteiger partial charge in [-0.15, -0.1) is 0 Å². The normalized spacial score (nSPS) is 10.3. The predicted molar refractivity (Wildman–Crippen MR) is 71.5 cm³/mol. The van der Waals surface area contributed by atoms with Gasteiger partial charge in [0.25, 0.3) is 0 Å². The molecule has 0 saturated heterocycles. The molecule has 0 heterocycles. The minimum absolute atomic E-state index is 0. The lowest BCUT2D eigenvalue weighted by atomic mass is 10.2. The van der Waals surface area contributed by atoms with E-state index in [9.17, 15) is 0 Å². The maximum atomic E-state index is 2.64. The fourth-order valence-corrected chi connectivity index (χ4v) is 1.48. The van der Waals surface area contributed by atoms with Crippen molar-refractivity contribution in [1.29, 1.82) is 0 Å². The molecule has 0 N–H and O–H groups in total. The van der Waals surface area contributed by atoms with E-state index in [1.165, 1.54) is 58.2 Å². The van der Waals surface area contributed by atoms with Gasteiger partial charge in [0.05, 0.1) is 0 Å². The van der Waals surface area contributed by atoms with Gasteiger partial charge in [-0.1, -0.05) is 40.0 Å². The highest BCUT2D eigenvalue weighted by Crippen LogP contribution is 2.01. The lowest BCUT2D eigenvalue weighted by Gasteiger charge is -2.21. The van der Waals surface area contributed by atoms with E-state index >= 15 is 0 Å². The summed E-state index contributed by atoms with van der Waals surface area (Å²) >= 11 is 0. The Balaban J connectivity index is 0. The first kappa shape index (κ1) is 16.7. The monoisotopic (exact) mass is 219 g/mol. The number of hydrogen-bond acceptors (Lipinski definition) is 1. The summed E-state index contributed by atoms with van der Waals surface area (Å²) in [6.45, 7) is 10.8. The zero-order valence-corrected chi connectivity index (χ0v) is 11.3. The number of rotatable bonds is 9. The third kappa shape index (κ3) is 10.4. The molecule has 0 spiro atoms. The topological polar surface area (TPSA) is 3.24 Å². The molecule has 2 heteroatoms. The van der Waals surface area contributed by atoms with Crippen LogP contribution in [0.3, 0.4) is 0 Å². The average molecular weight is 219 g/mol. The summed E-state index contributed by atoms with van der Waals surface area (Å²) < 4.78 is 0. The summed E-state index contributed by atoms with van der Waals surface area (Å²) in [5.41, 5.74) is 0. The third-order valence-corrected chi connectivity index (χ3v) is 2.48. The van der Waals surface area contributed by atoms with Crippen molar-refractivity contribution in [2.45, 2.75) is 59.3 Å². The first-order valence-corrected chi connectivity index (χ1v) is 6.07. The third-order valence-electron chi connectivity index (χ3n) is 2.48.